The van der Waals surface area contributed by atoms with E-state index in [1.807, 2.05) is 72.8 Å². The number of hydrogen-bond donors (Lipinski definition) is 1. The van der Waals surface area contributed by atoms with E-state index in [9.17, 15) is 9.90 Å². The van der Waals surface area contributed by atoms with E-state index in [1.54, 1.807) is 6.08 Å². The van der Waals surface area contributed by atoms with Crippen molar-refractivity contribution in [3.05, 3.63) is 83.4 Å². The summed E-state index contributed by atoms with van der Waals surface area (Å²) in [5.74, 6) is -0.883. The van der Waals surface area contributed by atoms with Gasteiger partial charge in [-0.1, -0.05) is 72.8 Å². The van der Waals surface area contributed by atoms with Gasteiger partial charge in [0.2, 0.25) is 0 Å². The summed E-state index contributed by atoms with van der Waals surface area (Å²) in [5, 5.41) is 9.23. The Morgan fingerprint density at radius 2 is 1.45 bits per heavy atom. The van der Waals surface area contributed by atoms with Gasteiger partial charge < -0.3 is 5.11 Å². The van der Waals surface area contributed by atoms with E-state index < -0.39 is 5.97 Å². The van der Waals surface area contributed by atoms with Crippen molar-refractivity contribution in [3.63, 3.8) is 0 Å². The van der Waals surface area contributed by atoms with Crippen LogP contribution in [0.25, 0.3) is 12.2 Å². The molecular formula is C18H16O2. The lowest BCUT2D eigenvalue weighted by Gasteiger charge is -1.99. The van der Waals surface area contributed by atoms with E-state index in [-0.39, 0.29) is 0 Å². The van der Waals surface area contributed by atoms with Gasteiger partial charge in [-0.3, -0.25) is 0 Å². The molecule has 0 bridgehead atoms. The molecule has 0 fully saturated rings. The largest absolute Gasteiger partial charge is 0.478 e. The van der Waals surface area contributed by atoms with Crippen molar-refractivity contribution in [3.8, 4) is 0 Å². The van der Waals surface area contributed by atoms with Gasteiger partial charge in [-0.2, -0.15) is 0 Å². The average Bonchev–Trinajstić information content (AvgIpc) is 2.48. The number of allylic oxidation sites excluding steroid dienone is 1. The van der Waals surface area contributed by atoms with E-state index in [2.05, 4.69) is 0 Å². The molecule has 0 heterocycles. The van der Waals surface area contributed by atoms with E-state index in [0.717, 1.165) is 11.1 Å². The van der Waals surface area contributed by atoms with Crippen molar-refractivity contribution in [2.45, 2.75) is 6.42 Å². The first kappa shape index (κ1) is 13.8. The molecule has 0 atom stereocenters. The number of carboxylic acid groups (broad SMARTS) is 1. The molecule has 2 rings (SSSR count). The van der Waals surface area contributed by atoms with Crippen LogP contribution in [0.2, 0.25) is 0 Å². The van der Waals surface area contributed by atoms with Gasteiger partial charge in [-0.25, -0.2) is 4.79 Å². The molecule has 0 aliphatic heterocycles. The highest BCUT2D eigenvalue weighted by Gasteiger charge is 2.04. The summed E-state index contributed by atoms with van der Waals surface area (Å²) in [6.07, 6.45) is 5.91. The summed E-state index contributed by atoms with van der Waals surface area (Å²) in [4.78, 5) is 11.2. The lowest BCUT2D eigenvalue weighted by molar-refractivity contribution is -0.132. The van der Waals surface area contributed by atoms with Crippen LogP contribution in [-0.2, 0) is 4.79 Å². The van der Waals surface area contributed by atoms with Crippen LogP contribution in [0.5, 0.6) is 0 Å². The first-order valence-electron chi connectivity index (χ1n) is 6.46. The molecule has 1 N–H and O–H groups in total. The third-order valence-electron chi connectivity index (χ3n) is 2.86. The summed E-state index contributed by atoms with van der Waals surface area (Å²) in [6.45, 7) is 0. The quantitative estimate of drug-likeness (QED) is 0.819. The maximum atomic E-state index is 11.2. The molecule has 2 aromatic carbocycles. The highest BCUT2D eigenvalue weighted by Crippen LogP contribution is 2.12. The summed E-state index contributed by atoms with van der Waals surface area (Å²) >= 11 is 0. The fourth-order valence-electron chi connectivity index (χ4n) is 1.84. The number of rotatable bonds is 5. The summed E-state index contributed by atoms with van der Waals surface area (Å²) in [5.41, 5.74) is 2.35. The smallest absolute Gasteiger partial charge is 0.331 e. The Balaban J connectivity index is 2.09. The zero-order valence-electron chi connectivity index (χ0n) is 11.1. The number of carboxylic acids is 1. The highest BCUT2D eigenvalue weighted by atomic mass is 16.4. The molecule has 0 saturated heterocycles. The summed E-state index contributed by atoms with van der Waals surface area (Å²) in [6, 6.07) is 19.3. The van der Waals surface area contributed by atoms with Crippen LogP contribution in [0.1, 0.15) is 17.5 Å². The van der Waals surface area contributed by atoms with Crippen molar-refractivity contribution in [1.29, 1.82) is 0 Å². The minimum absolute atomic E-state index is 0.378. The molecule has 0 aliphatic carbocycles. The average molecular weight is 264 g/mol. The second-order valence-electron chi connectivity index (χ2n) is 4.40. The first-order chi connectivity index (χ1) is 9.75. The Morgan fingerprint density at radius 3 is 2.00 bits per heavy atom. The third-order valence-corrected chi connectivity index (χ3v) is 2.86. The van der Waals surface area contributed by atoms with Gasteiger partial charge in [0.15, 0.2) is 0 Å². The van der Waals surface area contributed by atoms with Gasteiger partial charge in [0.05, 0.1) is 0 Å². The summed E-state index contributed by atoms with van der Waals surface area (Å²) in [7, 11) is 0. The molecule has 0 saturated carbocycles. The fraction of sp³-hybridized carbons (Fsp3) is 0.0556. The Morgan fingerprint density at radius 1 is 0.900 bits per heavy atom. The van der Waals surface area contributed by atoms with Crippen molar-refractivity contribution < 1.29 is 9.90 Å². The van der Waals surface area contributed by atoms with E-state index in [4.69, 9.17) is 0 Å². The van der Waals surface area contributed by atoms with Crippen LogP contribution in [0.4, 0.5) is 0 Å². The molecule has 0 amide bonds. The molecular weight excluding hydrogens is 248 g/mol. The fourth-order valence-corrected chi connectivity index (χ4v) is 1.84. The molecule has 2 nitrogen and oxygen atoms in total. The van der Waals surface area contributed by atoms with Crippen LogP contribution < -0.4 is 0 Å². The predicted molar refractivity (Wildman–Crippen MR) is 82.1 cm³/mol. The van der Waals surface area contributed by atoms with Crippen molar-refractivity contribution in [2.75, 3.05) is 0 Å². The van der Waals surface area contributed by atoms with Crippen molar-refractivity contribution in [2.24, 2.45) is 0 Å². The molecule has 100 valence electrons. The molecule has 0 spiro atoms. The number of hydrogen-bond acceptors (Lipinski definition) is 1. The van der Waals surface area contributed by atoms with Crippen LogP contribution in [0.3, 0.4) is 0 Å². The van der Waals surface area contributed by atoms with Crippen LogP contribution in [0.15, 0.2) is 72.3 Å². The second-order valence-corrected chi connectivity index (χ2v) is 4.40. The molecule has 2 heteroatoms. The molecule has 20 heavy (non-hydrogen) atoms. The molecule has 2 aromatic rings. The molecule has 0 unspecified atom stereocenters. The molecule has 0 aromatic heterocycles. The molecule has 0 radical (unpaired) electrons. The van der Waals surface area contributed by atoms with Gasteiger partial charge in [0.1, 0.15) is 0 Å². The minimum Gasteiger partial charge on any atom is -0.478 e. The summed E-state index contributed by atoms with van der Waals surface area (Å²) < 4.78 is 0. The van der Waals surface area contributed by atoms with Crippen LogP contribution in [0, 0.1) is 0 Å². The third kappa shape index (κ3) is 4.25. The van der Waals surface area contributed by atoms with Gasteiger partial charge in [-0.15, -0.1) is 0 Å². The van der Waals surface area contributed by atoms with Gasteiger partial charge in [-0.05, 0) is 23.6 Å². The standard InChI is InChI=1S/C18H16O2/c19-18(20)17(14-16-10-5-2-6-11-16)13-7-12-15-8-3-1-4-9-15/h1-12,14H,13H2,(H,19,20)/b12-7+,17-14+. The van der Waals surface area contributed by atoms with Crippen molar-refractivity contribution in [1.82, 2.24) is 0 Å². The number of carbonyl (C=O) groups is 1. The van der Waals surface area contributed by atoms with Gasteiger partial charge in [0, 0.05) is 5.57 Å². The lowest BCUT2D eigenvalue weighted by Crippen LogP contribution is -1.99. The Kier molecular flexibility index (Phi) is 4.90. The maximum absolute atomic E-state index is 11.2. The SMILES string of the molecule is O=C(O)/C(=C/c1ccccc1)C/C=C/c1ccccc1. The van der Waals surface area contributed by atoms with E-state index >= 15 is 0 Å². The number of aliphatic carboxylic acids is 1. The maximum Gasteiger partial charge on any atom is 0.331 e. The molecule has 0 aliphatic rings. The Labute approximate surface area is 118 Å². The topological polar surface area (TPSA) is 37.3 Å². The van der Waals surface area contributed by atoms with Gasteiger partial charge >= 0.3 is 5.97 Å². The minimum atomic E-state index is -0.883. The normalized spacial score (nSPS) is 11.7. The zero-order chi connectivity index (χ0) is 14.2. The van der Waals surface area contributed by atoms with Gasteiger partial charge in [0.25, 0.3) is 0 Å². The lowest BCUT2D eigenvalue weighted by atomic mass is 10.1. The van der Waals surface area contributed by atoms with E-state index in [1.165, 1.54) is 0 Å². The van der Waals surface area contributed by atoms with Crippen LogP contribution in [-0.4, -0.2) is 11.1 Å². The monoisotopic (exact) mass is 264 g/mol. The number of benzene rings is 2. The van der Waals surface area contributed by atoms with E-state index in [0.29, 0.717) is 12.0 Å². The second kappa shape index (κ2) is 7.10. The predicted octanol–water partition coefficient (Wildman–Crippen LogP) is 4.26. The Hall–Kier alpha value is -2.61. The first-order valence-corrected chi connectivity index (χ1v) is 6.46. The zero-order valence-corrected chi connectivity index (χ0v) is 11.1. The Bertz CT molecular complexity index is 610. The highest BCUT2D eigenvalue weighted by molar-refractivity contribution is 5.92. The van der Waals surface area contributed by atoms with Crippen LogP contribution >= 0.6 is 0 Å². The van der Waals surface area contributed by atoms with Crippen molar-refractivity contribution >= 4 is 18.1 Å².